The van der Waals surface area contributed by atoms with Crippen molar-refractivity contribution in [2.45, 2.75) is 20.0 Å². The standard InChI is InChI=1S/C20H17ClN4O3/c1-11-16(10-22-25(11)15-5-3-4-13(21)8-15)20(27)23-14-6-7-18-17(9-14)24-19(26)12(2)28-18/h3-10,12H,1-2H3,(H,23,27)(H,24,26). The first kappa shape index (κ1) is 18.1. The first-order valence-electron chi connectivity index (χ1n) is 8.66. The molecular formula is C20H17ClN4O3. The number of fused-ring (bicyclic) bond motifs is 1. The lowest BCUT2D eigenvalue weighted by molar-refractivity contribution is -0.122. The second-order valence-corrected chi connectivity index (χ2v) is 6.89. The number of hydrogen-bond donors (Lipinski definition) is 2. The van der Waals surface area contributed by atoms with Gasteiger partial charge in [-0.1, -0.05) is 17.7 Å². The van der Waals surface area contributed by atoms with E-state index in [0.29, 0.717) is 33.4 Å². The lowest BCUT2D eigenvalue weighted by atomic mass is 10.2. The van der Waals surface area contributed by atoms with Crippen LogP contribution >= 0.6 is 11.6 Å². The van der Waals surface area contributed by atoms with Crippen LogP contribution in [0.4, 0.5) is 11.4 Å². The van der Waals surface area contributed by atoms with Gasteiger partial charge in [-0.15, -0.1) is 0 Å². The van der Waals surface area contributed by atoms with Gasteiger partial charge < -0.3 is 15.4 Å². The minimum absolute atomic E-state index is 0.227. The van der Waals surface area contributed by atoms with Crippen molar-refractivity contribution >= 4 is 34.8 Å². The smallest absolute Gasteiger partial charge is 0.265 e. The molecule has 0 fully saturated rings. The van der Waals surface area contributed by atoms with Crippen molar-refractivity contribution in [1.29, 1.82) is 0 Å². The van der Waals surface area contributed by atoms with Crippen LogP contribution in [0.5, 0.6) is 5.75 Å². The second-order valence-electron chi connectivity index (χ2n) is 6.45. The number of nitrogens with zero attached hydrogens (tertiary/aromatic N) is 2. The molecule has 0 radical (unpaired) electrons. The number of aromatic nitrogens is 2. The molecule has 3 aromatic rings. The number of anilines is 2. The van der Waals surface area contributed by atoms with Crippen molar-refractivity contribution in [3.63, 3.8) is 0 Å². The Morgan fingerprint density at radius 3 is 2.89 bits per heavy atom. The van der Waals surface area contributed by atoms with E-state index in [2.05, 4.69) is 15.7 Å². The maximum absolute atomic E-state index is 12.7. The lowest BCUT2D eigenvalue weighted by Crippen LogP contribution is -2.34. The Kier molecular flexibility index (Phi) is 4.52. The van der Waals surface area contributed by atoms with Crippen molar-refractivity contribution in [3.8, 4) is 11.4 Å². The number of halogens is 1. The van der Waals surface area contributed by atoms with E-state index in [1.165, 1.54) is 6.20 Å². The van der Waals surface area contributed by atoms with E-state index in [-0.39, 0.29) is 11.8 Å². The Morgan fingerprint density at radius 1 is 1.29 bits per heavy atom. The summed E-state index contributed by atoms with van der Waals surface area (Å²) in [5.74, 6) is 0.0341. The molecule has 142 valence electrons. The van der Waals surface area contributed by atoms with Crippen LogP contribution in [0.1, 0.15) is 23.0 Å². The molecule has 0 saturated heterocycles. The number of rotatable bonds is 3. The van der Waals surface area contributed by atoms with Gasteiger partial charge in [0.1, 0.15) is 5.75 Å². The van der Waals surface area contributed by atoms with E-state index in [9.17, 15) is 9.59 Å². The van der Waals surface area contributed by atoms with Gasteiger partial charge in [-0.25, -0.2) is 4.68 Å². The molecule has 2 N–H and O–H groups in total. The van der Waals surface area contributed by atoms with Crippen molar-refractivity contribution < 1.29 is 14.3 Å². The molecule has 1 unspecified atom stereocenters. The Hall–Kier alpha value is -3.32. The third kappa shape index (κ3) is 3.32. The largest absolute Gasteiger partial charge is 0.479 e. The van der Waals surface area contributed by atoms with Crippen LogP contribution in [-0.4, -0.2) is 27.7 Å². The quantitative estimate of drug-likeness (QED) is 0.705. The highest BCUT2D eigenvalue weighted by Crippen LogP contribution is 2.32. The summed E-state index contributed by atoms with van der Waals surface area (Å²) in [5.41, 5.74) is 2.95. The highest BCUT2D eigenvalue weighted by molar-refractivity contribution is 6.30. The third-order valence-electron chi connectivity index (χ3n) is 4.48. The summed E-state index contributed by atoms with van der Waals surface area (Å²) < 4.78 is 7.18. The number of hydrogen-bond acceptors (Lipinski definition) is 4. The molecule has 0 aliphatic carbocycles. The van der Waals surface area contributed by atoms with Gasteiger partial charge in [0.2, 0.25) is 0 Å². The average Bonchev–Trinajstić information content (AvgIpc) is 3.04. The summed E-state index contributed by atoms with van der Waals surface area (Å²) in [5, 5.41) is 10.5. The van der Waals surface area contributed by atoms with Crippen LogP contribution in [0.25, 0.3) is 5.69 Å². The number of carbonyl (C=O) groups excluding carboxylic acids is 2. The van der Waals surface area contributed by atoms with Crippen LogP contribution < -0.4 is 15.4 Å². The van der Waals surface area contributed by atoms with E-state index >= 15 is 0 Å². The van der Waals surface area contributed by atoms with Crippen molar-refractivity contribution in [1.82, 2.24) is 9.78 Å². The minimum atomic E-state index is -0.548. The van der Waals surface area contributed by atoms with Crippen molar-refractivity contribution in [3.05, 3.63) is 64.9 Å². The molecule has 0 saturated carbocycles. The summed E-state index contributed by atoms with van der Waals surface area (Å²) >= 11 is 6.04. The van der Waals surface area contributed by atoms with E-state index in [1.807, 2.05) is 19.1 Å². The molecule has 1 atom stereocenters. The molecule has 7 nitrogen and oxygen atoms in total. The predicted octanol–water partition coefficient (Wildman–Crippen LogP) is 3.81. The fourth-order valence-electron chi connectivity index (χ4n) is 2.99. The summed E-state index contributed by atoms with van der Waals surface area (Å²) in [6, 6.07) is 12.3. The van der Waals surface area contributed by atoms with Gasteiger partial charge in [0.05, 0.1) is 28.8 Å². The minimum Gasteiger partial charge on any atom is -0.479 e. The molecule has 2 aromatic carbocycles. The van der Waals surface area contributed by atoms with Gasteiger partial charge in [0, 0.05) is 10.7 Å². The van der Waals surface area contributed by atoms with Gasteiger partial charge in [-0.2, -0.15) is 5.10 Å². The first-order valence-corrected chi connectivity index (χ1v) is 9.03. The molecule has 1 aliphatic rings. The zero-order valence-corrected chi connectivity index (χ0v) is 15.9. The third-order valence-corrected chi connectivity index (χ3v) is 4.71. The molecule has 1 aromatic heterocycles. The van der Waals surface area contributed by atoms with Crippen LogP contribution in [0.3, 0.4) is 0 Å². The Bertz CT molecular complexity index is 1090. The number of amides is 2. The van der Waals surface area contributed by atoms with E-state index in [1.54, 1.807) is 41.9 Å². The summed E-state index contributed by atoms with van der Waals surface area (Å²) in [6.45, 7) is 3.49. The normalized spacial score (nSPS) is 15.4. The fourth-order valence-corrected chi connectivity index (χ4v) is 3.17. The number of carbonyl (C=O) groups is 2. The molecule has 2 heterocycles. The Labute approximate surface area is 166 Å². The van der Waals surface area contributed by atoms with Gasteiger partial charge in [-0.05, 0) is 50.2 Å². The zero-order chi connectivity index (χ0) is 19.8. The fraction of sp³-hybridized carbons (Fsp3) is 0.150. The van der Waals surface area contributed by atoms with Crippen LogP contribution in [0.15, 0.2) is 48.7 Å². The Balaban J connectivity index is 1.57. The number of benzene rings is 2. The maximum atomic E-state index is 12.7. The molecule has 0 bridgehead atoms. The zero-order valence-electron chi connectivity index (χ0n) is 15.2. The monoisotopic (exact) mass is 396 g/mol. The van der Waals surface area contributed by atoms with Gasteiger partial charge >= 0.3 is 0 Å². The van der Waals surface area contributed by atoms with Gasteiger partial charge in [-0.3, -0.25) is 9.59 Å². The average molecular weight is 397 g/mol. The summed E-state index contributed by atoms with van der Waals surface area (Å²) in [7, 11) is 0. The van der Waals surface area contributed by atoms with E-state index in [4.69, 9.17) is 16.3 Å². The molecule has 28 heavy (non-hydrogen) atoms. The van der Waals surface area contributed by atoms with Crippen LogP contribution in [-0.2, 0) is 4.79 Å². The molecule has 2 amide bonds. The molecule has 1 aliphatic heterocycles. The van der Waals surface area contributed by atoms with Crippen molar-refractivity contribution in [2.24, 2.45) is 0 Å². The molecular weight excluding hydrogens is 380 g/mol. The predicted molar refractivity (Wildman–Crippen MR) is 106 cm³/mol. The lowest BCUT2D eigenvalue weighted by Gasteiger charge is -2.23. The Morgan fingerprint density at radius 2 is 2.11 bits per heavy atom. The topological polar surface area (TPSA) is 85.2 Å². The van der Waals surface area contributed by atoms with E-state index in [0.717, 1.165) is 5.69 Å². The van der Waals surface area contributed by atoms with E-state index < -0.39 is 6.10 Å². The number of nitrogens with one attached hydrogen (secondary N) is 2. The highest BCUT2D eigenvalue weighted by atomic mass is 35.5. The summed E-state index contributed by atoms with van der Waals surface area (Å²) in [6.07, 6.45) is 0.962. The molecule has 0 spiro atoms. The summed E-state index contributed by atoms with van der Waals surface area (Å²) in [4.78, 5) is 24.5. The van der Waals surface area contributed by atoms with Gasteiger partial charge in [0.15, 0.2) is 6.10 Å². The number of ether oxygens (including phenoxy) is 1. The first-order chi connectivity index (χ1) is 13.4. The highest BCUT2D eigenvalue weighted by Gasteiger charge is 2.24. The SMILES string of the molecule is Cc1c(C(=O)Nc2ccc3c(c2)NC(=O)C(C)O3)cnn1-c1cccc(Cl)c1. The van der Waals surface area contributed by atoms with Gasteiger partial charge in [0.25, 0.3) is 11.8 Å². The van der Waals surface area contributed by atoms with Crippen LogP contribution in [0.2, 0.25) is 5.02 Å². The van der Waals surface area contributed by atoms with Crippen LogP contribution in [0, 0.1) is 6.92 Å². The van der Waals surface area contributed by atoms with Crippen molar-refractivity contribution in [2.75, 3.05) is 10.6 Å². The second kappa shape index (κ2) is 7.01. The molecule has 4 rings (SSSR count). The maximum Gasteiger partial charge on any atom is 0.265 e. The molecule has 8 heteroatoms.